The van der Waals surface area contributed by atoms with Gasteiger partial charge in [-0.2, -0.15) is 0 Å². The largest absolute Gasteiger partial charge is 0.322 e. The maximum absolute atomic E-state index is 13.4. The minimum absolute atomic E-state index is 0.0818. The Morgan fingerprint density at radius 2 is 2.06 bits per heavy atom. The lowest BCUT2D eigenvalue weighted by Gasteiger charge is -2.07. The molecule has 0 aliphatic rings. The van der Waals surface area contributed by atoms with Crippen molar-refractivity contribution in [3.8, 4) is 0 Å². The highest BCUT2D eigenvalue weighted by Crippen LogP contribution is 2.24. The van der Waals surface area contributed by atoms with Gasteiger partial charge in [-0.15, -0.1) is 11.6 Å². The SMILES string of the molecule is Fc1cc2c(cc1Cl)nc(CCCl)n2CC(F)F. The van der Waals surface area contributed by atoms with Gasteiger partial charge in [0.2, 0.25) is 0 Å². The van der Waals surface area contributed by atoms with Crippen LogP contribution in [-0.2, 0) is 13.0 Å². The molecule has 98 valence electrons. The quantitative estimate of drug-likeness (QED) is 0.783. The molecule has 0 amide bonds. The van der Waals surface area contributed by atoms with Crippen LogP contribution < -0.4 is 0 Å². The van der Waals surface area contributed by atoms with Crippen molar-refractivity contribution in [2.24, 2.45) is 0 Å². The molecule has 0 aliphatic carbocycles. The first-order valence-corrected chi connectivity index (χ1v) is 6.12. The molecule has 1 aromatic heterocycles. The van der Waals surface area contributed by atoms with Crippen molar-refractivity contribution in [2.45, 2.75) is 19.4 Å². The molecular weight excluding hydrogens is 288 g/mol. The van der Waals surface area contributed by atoms with Crippen LogP contribution >= 0.6 is 23.2 Å². The number of aromatic nitrogens is 2. The summed E-state index contributed by atoms with van der Waals surface area (Å²) in [5.74, 6) is 0.00180. The van der Waals surface area contributed by atoms with E-state index < -0.39 is 18.8 Å². The number of benzene rings is 1. The predicted molar refractivity (Wildman–Crippen MR) is 65.1 cm³/mol. The summed E-state index contributed by atoms with van der Waals surface area (Å²) in [6, 6.07) is 2.44. The van der Waals surface area contributed by atoms with E-state index in [0.29, 0.717) is 23.3 Å². The summed E-state index contributed by atoms with van der Waals surface area (Å²) in [5, 5.41) is -0.0818. The highest BCUT2D eigenvalue weighted by Gasteiger charge is 2.16. The Morgan fingerprint density at radius 3 is 2.67 bits per heavy atom. The maximum Gasteiger partial charge on any atom is 0.256 e. The highest BCUT2D eigenvalue weighted by molar-refractivity contribution is 6.31. The second-order valence-electron chi connectivity index (χ2n) is 3.72. The number of hydrogen-bond acceptors (Lipinski definition) is 1. The summed E-state index contributed by atoms with van der Waals surface area (Å²) in [5.41, 5.74) is 0.694. The Balaban J connectivity index is 2.60. The van der Waals surface area contributed by atoms with Gasteiger partial charge in [0.1, 0.15) is 11.6 Å². The molecule has 1 aromatic carbocycles. The fourth-order valence-corrected chi connectivity index (χ4v) is 2.11. The Labute approximate surface area is 111 Å². The average Bonchev–Trinajstić information content (AvgIpc) is 2.58. The van der Waals surface area contributed by atoms with E-state index in [9.17, 15) is 13.2 Å². The normalized spacial score (nSPS) is 11.7. The second-order valence-corrected chi connectivity index (χ2v) is 4.51. The van der Waals surface area contributed by atoms with Crippen LogP contribution in [0.25, 0.3) is 11.0 Å². The summed E-state index contributed by atoms with van der Waals surface area (Å²) in [6.07, 6.45) is -2.21. The second kappa shape index (κ2) is 5.36. The Kier molecular flexibility index (Phi) is 4.02. The molecule has 0 unspecified atom stereocenters. The molecule has 0 saturated heterocycles. The van der Waals surface area contributed by atoms with Crippen LogP contribution in [-0.4, -0.2) is 21.9 Å². The lowest BCUT2D eigenvalue weighted by Crippen LogP contribution is -2.10. The molecule has 0 N–H and O–H groups in total. The summed E-state index contributed by atoms with van der Waals surface area (Å²) in [4.78, 5) is 4.15. The highest BCUT2D eigenvalue weighted by atomic mass is 35.5. The smallest absolute Gasteiger partial charge is 0.256 e. The lowest BCUT2D eigenvalue weighted by molar-refractivity contribution is 0.127. The van der Waals surface area contributed by atoms with Crippen LogP contribution in [0.2, 0.25) is 5.02 Å². The zero-order valence-electron chi connectivity index (χ0n) is 9.14. The maximum atomic E-state index is 13.4. The van der Waals surface area contributed by atoms with Crippen molar-refractivity contribution in [1.82, 2.24) is 9.55 Å². The van der Waals surface area contributed by atoms with Crippen molar-refractivity contribution in [3.63, 3.8) is 0 Å². The molecule has 0 bridgehead atoms. The number of nitrogens with zero attached hydrogens (tertiary/aromatic N) is 2. The third-order valence-corrected chi connectivity index (χ3v) is 2.99. The molecule has 0 spiro atoms. The molecule has 18 heavy (non-hydrogen) atoms. The Hall–Kier alpha value is -0.940. The van der Waals surface area contributed by atoms with Gasteiger partial charge >= 0.3 is 0 Å². The van der Waals surface area contributed by atoms with E-state index in [0.717, 1.165) is 6.07 Å². The van der Waals surface area contributed by atoms with E-state index in [4.69, 9.17) is 23.2 Å². The molecule has 0 fully saturated rings. The molecule has 2 rings (SSSR count). The monoisotopic (exact) mass is 296 g/mol. The van der Waals surface area contributed by atoms with Crippen LogP contribution in [0.4, 0.5) is 13.2 Å². The van der Waals surface area contributed by atoms with Crippen molar-refractivity contribution in [1.29, 1.82) is 0 Å². The minimum atomic E-state index is -2.55. The summed E-state index contributed by atoms with van der Waals surface area (Å²) in [7, 11) is 0. The average molecular weight is 297 g/mol. The first-order valence-electron chi connectivity index (χ1n) is 5.21. The van der Waals surface area contributed by atoms with Gasteiger partial charge in [0, 0.05) is 18.4 Å². The van der Waals surface area contributed by atoms with E-state index in [-0.39, 0.29) is 10.9 Å². The summed E-state index contributed by atoms with van der Waals surface area (Å²) < 4.78 is 39.7. The van der Waals surface area contributed by atoms with Crippen molar-refractivity contribution in [2.75, 3.05) is 5.88 Å². The van der Waals surface area contributed by atoms with Gasteiger partial charge in [0.05, 0.1) is 22.6 Å². The first kappa shape index (κ1) is 13.5. The number of rotatable bonds is 4. The molecule has 2 aromatic rings. The standard InChI is InChI=1S/C11H9Cl2F3N2/c12-2-1-11-17-8-3-6(13)7(14)4-9(8)18(11)5-10(15)16/h3-4,10H,1-2,5H2. The van der Waals surface area contributed by atoms with Crippen LogP contribution in [0.15, 0.2) is 12.1 Å². The zero-order chi connectivity index (χ0) is 13.3. The first-order chi connectivity index (χ1) is 8.52. The zero-order valence-corrected chi connectivity index (χ0v) is 10.6. The number of fused-ring (bicyclic) bond motifs is 1. The predicted octanol–water partition coefficient (Wildman–Crippen LogP) is 3.88. The molecule has 1 heterocycles. The van der Waals surface area contributed by atoms with Crippen LogP contribution in [0.5, 0.6) is 0 Å². The topological polar surface area (TPSA) is 17.8 Å². The fraction of sp³-hybridized carbons (Fsp3) is 0.364. The molecule has 0 aliphatic heterocycles. The molecule has 0 saturated carbocycles. The van der Waals surface area contributed by atoms with Crippen molar-refractivity contribution in [3.05, 3.63) is 28.8 Å². The number of hydrogen-bond donors (Lipinski definition) is 0. The van der Waals surface area contributed by atoms with Gasteiger partial charge in [-0.1, -0.05) is 11.6 Å². The van der Waals surface area contributed by atoms with E-state index in [1.807, 2.05) is 0 Å². The van der Waals surface area contributed by atoms with Gasteiger partial charge in [-0.05, 0) is 6.07 Å². The van der Waals surface area contributed by atoms with E-state index >= 15 is 0 Å². The Morgan fingerprint density at radius 1 is 1.33 bits per heavy atom. The lowest BCUT2D eigenvalue weighted by atomic mass is 10.3. The van der Waals surface area contributed by atoms with Gasteiger partial charge < -0.3 is 4.57 Å². The number of alkyl halides is 3. The minimum Gasteiger partial charge on any atom is -0.322 e. The molecule has 7 heteroatoms. The molecular formula is C11H9Cl2F3N2. The van der Waals surface area contributed by atoms with Crippen LogP contribution in [0.3, 0.4) is 0 Å². The van der Waals surface area contributed by atoms with Crippen molar-refractivity contribution >= 4 is 34.2 Å². The number of halogens is 5. The molecule has 0 radical (unpaired) electrons. The van der Waals surface area contributed by atoms with Crippen LogP contribution in [0, 0.1) is 5.82 Å². The van der Waals surface area contributed by atoms with Gasteiger partial charge in [-0.3, -0.25) is 0 Å². The van der Waals surface area contributed by atoms with Gasteiger partial charge in [-0.25, -0.2) is 18.2 Å². The van der Waals surface area contributed by atoms with Crippen molar-refractivity contribution < 1.29 is 13.2 Å². The summed E-state index contributed by atoms with van der Waals surface area (Å²) >= 11 is 11.2. The van der Waals surface area contributed by atoms with E-state index in [1.54, 1.807) is 0 Å². The number of imidazole rings is 1. The third kappa shape index (κ3) is 2.57. The molecule has 0 atom stereocenters. The number of aryl methyl sites for hydroxylation is 1. The fourth-order valence-electron chi connectivity index (χ4n) is 1.79. The third-order valence-electron chi connectivity index (χ3n) is 2.51. The van der Waals surface area contributed by atoms with E-state index in [2.05, 4.69) is 4.98 Å². The van der Waals surface area contributed by atoms with Crippen LogP contribution in [0.1, 0.15) is 5.82 Å². The molecule has 2 nitrogen and oxygen atoms in total. The summed E-state index contributed by atoms with van der Waals surface area (Å²) in [6.45, 7) is -0.538. The van der Waals surface area contributed by atoms with Gasteiger partial charge in [0.25, 0.3) is 6.43 Å². The van der Waals surface area contributed by atoms with E-state index in [1.165, 1.54) is 10.6 Å². The Bertz CT molecular complexity index is 569. The van der Waals surface area contributed by atoms with Gasteiger partial charge in [0.15, 0.2) is 0 Å².